The Morgan fingerprint density at radius 2 is 1.50 bits per heavy atom. The van der Waals surface area contributed by atoms with Crippen LogP contribution in [-0.2, 0) is 30.4 Å². The molecule has 1 rings (SSSR count). The van der Waals surface area contributed by atoms with Gasteiger partial charge in [-0.25, -0.2) is 4.79 Å². The summed E-state index contributed by atoms with van der Waals surface area (Å²) in [6.07, 6.45) is 2.05. The van der Waals surface area contributed by atoms with Crippen molar-refractivity contribution in [2.75, 3.05) is 13.1 Å². The van der Waals surface area contributed by atoms with Gasteiger partial charge in [0.1, 0.15) is 18.1 Å². The molecule has 1 aromatic carbocycles. The van der Waals surface area contributed by atoms with Crippen LogP contribution >= 0.6 is 0 Å². The van der Waals surface area contributed by atoms with Crippen molar-refractivity contribution < 1.29 is 29.1 Å². The third kappa shape index (κ3) is 13.0. The van der Waals surface area contributed by atoms with E-state index in [0.717, 1.165) is 5.56 Å². The molecule has 0 aliphatic heterocycles. The molecule has 0 heterocycles. The second kappa shape index (κ2) is 18.0. The fraction of sp³-hybridized carbons (Fsp3) is 0.607. The summed E-state index contributed by atoms with van der Waals surface area (Å²) in [6.45, 7) is 7.10. The standard InChI is InChI=1S/C28H46N6O6/c1-17(2)14-22(28(39)40)32-23(35)16-31-27(38)24(18(3)4)34-26(37)21(12-8-9-13-29)33-25(36)20(30)15-19-10-6-5-7-11-19/h5-7,10-11,17-18,20-22,24H,8-9,12-16,29-30H2,1-4H3,(H,31,38)(H,32,35)(H,33,36)(H,34,37)(H,39,40)/t20-,21-,22-,24-/m1/s1. The third-order valence-corrected chi connectivity index (χ3v) is 6.23. The van der Waals surface area contributed by atoms with E-state index in [4.69, 9.17) is 11.5 Å². The summed E-state index contributed by atoms with van der Waals surface area (Å²) >= 11 is 0. The largest absolute Gasteiger partial charge is 0.480 e. The number of rotatable bonds is 18. The van der Waals surface area contributed by atoms with Crippen LogP contribution in [0.3, 0.4) is 0 Å². The van der Waals surface area contributed by atoms with Crippen LogP contribution in [0.5, 0.6) is 0 Å². The SMILES string of the molecule is CC(C)C[C@@H](NC(=O)CNC(=O)[C@H](NC(=O)[C@@H](CCCCN)NC(=O)[C@H](N)Cc1ccccc1)C(C)C)C(=O)O. The summed E-state index contributed by atoms with van der Waals surface area (Å²) in [4.78, 5) is 62.6. The molecule has 9 N–H and O–H groups in total. The van der Waals surface area contributed by atoms with Gasteiger partial charge in [-0.15, -0.1) is 0 Å². The van der Waals surface area contributed by atoms with Gasteiger partial charge in [0.05, 0.1) is 12.6 Å². The monoisotopic (exact) mass is 562 g/mol. The quantitative estimate of drug-likeness (QED) is 0.121. The summed E-state index contributed by atoms with van der Waals surface area (Å²) in [5.74, 6) is -3.78. The van der Waals surface area contributed by atoms with Crippen molar-refractivity contribution >= 4 is 29.6 Å². The van der Waals surface area contributed by atoms with E-state index in [0.29, 0.717) is 32.2 Å². The number of carboxylic acids is 1. The van der Waals surface area contributed by atoms with Crippen molar-refractivity contribution in [3.05, 3.63) is 35.9 Å². The number of hydrogen-bond donors (Lipinski definition) is 7. The fourth-order valence-electron chi connectivity index (χ4n) is 4.01. The van der Waals surface area contributed by atoms with E-state index in [1.165, 1.54) is 0 Å². The van der Waals surface area contributed by atoms with Gasteiger partial charge in [-0.2, -0.15) is 0 Å². The van der Waals surface area contributed by atoms with Gasteiger partial charge in [-0.1, -0.05) is 58.0 Å². The van der Waals surface area contributed by atoms with Crippen LogP contribution in [0.25, 0.3) is 0 Å². The predicted octanol–water partition coefficient (Wildman–Crippen LogP) is 0.0427. The van der Waals surface area contributed by atoms with E-state index in [1.54, 1.807) is 13.8 Å². The smallest absolute Gasteiger partial charge is 0.326 e. The third-order valence-electron chi connectivity index (χ3n) is 6.23. The van der Waals surface area contributed by atoms with Crippen LogP contribution in [0.4, 0.5) is 0 Å². The zero-order valence-electron chi connectivity index (χ0n) is 23.9. The Bertz CT molecular complexity index is 971. The molecule has 0 saturated heterocycles. The van der Waals surface area contributed by atoms with Crippen LogP contribution in [0.1, 0.15) is 58.9 Å². The Kier molecular flexibility index (Phi) is 15.5. The zero-order valence-corrected chi connectivity index (χ0v) is 23.9. The van der Waals surface area contributed by atoms with Gasteiger partial charge in [0, 0.05) is 0 Å². The molecular weight excluding hydrogens is 516 g/mol. The number of benzene rings is 1. The molecule has 0 aliphatic carbocycles. The predicted molar refractivity (Wildman–Crippen MR) is 152 cm³/mol. The van der Waals surface area contributed by atoms with E-state index >= 15 is 0 Å². The molecule has 0 spiro atoms. The highest BCUT2D eigenvalue weighted by atomic mass is 16.4. The van der Waals surface area contributed by atoms with Gasteiger partial charge in [-0.05, 0) is 56.0 Å². The molecule has 4 amide bonds. The van der Waals surface area contributed by atoms with Gasteiger partial charge in [0.2, 0.25) is 23.6 Å². The lowest BCUT2D eigenvalue weighted by molar-refractivity contribution is -0.142. The summed E-state index contributed by atoms with van der Waals surface area (Å²) in [7, 11) is 0. The van der Waals surface area contributed by atoms with Crippen LogP contribution in [-0.4, -0.2) is 72.0 Å². The highest BCUT2D eigenvalue weighted by Crippen LogP contribution is 2.08. The lowest BCUT2D eigenvalue weighted by atomic mass is 10.0. The van der Waals surface area contributed by atoms with Crippen molar-refractivity contribution in [1.82, 2.24) is 21.3 Å². The van der Waals surface area contributed by atoms with Crippen LogP contribution in [0.15, 0.2) is 30.3 Å². The first-order chi connectivity index (χ1) is 18.8. The number of unbranched alkanes of at least 4 members (excludes halogenated alkanes) is 1. The lowest BCUT2D eigenvalue weighted by Gasteiger charge is -2.26. The Labute approximate surface area is 236 Å². The summed E-state index contributed by atoms with van der Waals surface area (Å²) in [5, 5.41) is 19.6. The molecule has 4 atom stereocenters. The maximum atomic E-state index is 13.2. The first-order valence-corrected chi connectivity index (χ1v) is 13.8. The van der Waals surface area contributed by atoms with Gasteiger partial charge >= 0.3 is 5.97 Å². The molecule has 0 aromatic heterocycles. The molecule has 12 heteroatoms. The Morgan fingerprint density at radius 3 is 2.05 bits per heavy atom. The number of nitrogens with two attached hydrogens (primary N) is 2. The molecule has 0 aliphatic rings. The van der Waals surface area contributed by atoms with E-state index < -0.39 is 60.3 Å². The molecule has 0 radical (unpaired) electrons. The number of amides is 4. The van der Waals surface area contributed by atoms with Crippen molar-refractivity contribution in [2.24, 2.45) is 23.3 Å². The first kappa shape index (κ1) is 34.5. The van der Waals surface area contributed by atoms with Crippen LogP contribution in [0, 0.1) is 11.8 Å². The van der Waals surface area contributed by atoms with Gasteiger partial charge in [0.15, 0.2) is 0 Å². The number of carbonyl (C=O) groups excluding carboxylic acids is 4. The second-order valence-corrected chi connectivity index (χ2v) is 10.7. The van der Waals surface area contributed by atoms with Gasteiger partial charge < -0.3 is 37.8 Å². The summed E-state index contributed by atoms with van der Waals surface area (Å²) < 4.78 is 0. The number of carboxylic acid groups (broad SMARTS) is 1. The van der Waals surface area contributed by atoms with Crippen LogP contribution < -0.4 is 32.7 Å². The number of aliphatic carboxylic acids is 1. The van der Waals surface area contributed by atoms with Crippen molar-refractivity contribution in [2.45, 2.75) is 84.0 Å². The van der Waals surface area contributed by atoms with E-state index in [1.807, 2.05) is 44.2 Å². The molecule has 1 aromatic rings. The molecule has 40 heavy (non-hydrogen) atoms. The highest BCUT2D eigenvalue weighted by molar-refractivity contribution is 5.94. The Balaban J connectivity index is 2.83. The fourth-order valence-corrected chi connectivity index (χ4v) is 4.01. The van der Waals surface area contributed by atoms with E-state index in [-0.39, 0.29) is 18.3 Å². The topological polar surface area (TPSA) is 206 Å². The number of carbonyl (C=O) groups is 5. The molecule has 12 nitrogen and oxygen atoms in total. The Morgan fingerprint density at radius 1 is 0.850 bits per heavy atom. The van der Waals surface area contributed by atoms with Gasteiger partial charge in [-0.3, -0.25) is 19.2 Å². The number of hydrogen-bond acceptors (Lipinski definition) is 7. The molecule has 0 unspecified atom stereocenters. The zero-order chi connectivity index (χ0) is 30.2. The van der Waals surface area contributed by atoms with Crippen molar-refractivity contribution in [1.29, 1.82) is 0 Å². The van der Waals surface area contributed by atoms with Crippen molar-refractivity contribution in [3.8, 4) is 0 Å². The minimum Gasteiger partial charge on any atom is -0.480 e. The molecule has 224 valence electrons. The average molecular weight is 563 g/mol. The van der Waals surface area contributed by atoms with Crippen molar-refractivity contribution in [3.63, 3.8) is 0 Å². The van der Waals surface area contributed by atoms with Gasteiger partial charge in [0.25, 0.3) is 0 Å². The minimum atomic E-state index is -1.16. The maximum Gasteiger partial charge on any atom is 0.326 e. The Hall–Kier alpha value is -3.51. The molecule has 0 bridgehead atoms. The highest BCUT2D eigenvalue weighted by Gasteiger charge is 2.30. The average Bonchev–Trinajstić information content (AvgIpc) is 2.89. The maximum absolute atomic E-state index is 13.2. The van der Waals surface area contributed by atoms with E-state index in [9.17, 15) is 29.1 Å². The molecule has 0 fully saturated rings. The molecule has 0 saturated carbocycles. The first-order valence-electron chi connectivity index (χ1n) is 13.8. The number of nitrogens with one attached hydrogen (secondary N) is 4. The van der Waals surface area contributed by atoms with Crippen LogP contribution in [0.2, 0.25) is 0 Å². The molecular formula is C28H46N6O6. The minimum absolute atomic E-state index is 0.0442. The summed E-state index contributed by atoms with van der Waals surface area (Å²) in [6, 6.07) is 5.38. The lowest BCUT2D eigenvalue weighted by Crippen LogP contribution is -2.58. The normalized spacial score (nSPS) is 14.1. The second-order valence-electron chi connectivity index (χ2n) is 10.7. The van der Waals surface area contributed by atoms with E-state index in [2.05, 4.69) is 21.3 Å². The summed E-state index contributed by atoms with van der Waals surface area (Å²) in [5.41, 5.74) is 12.6.